The van der Waals surface area contributed by atoms with Gasteiger partial charge in [0.1, 0.15) is 11.3 Å². The minimum atomic E-state index is -0.371. The molecule has 1 amide bonds. The van der Waals surface area contributed by atoms with E-state index in [1.807, 2.05) is 6.07 Å². The van der Waals surface area contributed by atoms with Gasteiger partial charge in [0.05, 0.1) is 17.3 Å². The number of methoxy groups -OCH3 is 1. The van der Waals surface area contributed by atoms with Crippen LogP contribution in [0.15, 0.2) is 41.8 Å². The zero-order chi connectivity index (χ0) is 16.6. The summed E-state index contributed by atoms with van der Waals surface area (Å²) in [6.07, 6.45) is 2.94. The lowest BCUT2D eigenvalue weighted by molar-refractivity contribution is 0.0808. The van der Waals surface area contributed by atoms with E-state index < -0.39 is 0 Å². The summed E-state index contributed by atoms with van der Waals surface area (Å²) in [5.41, 5.74) is 0.388. The van der Waals surface area contributed by atoms with E-state index in [1.54, 1.807) is 32.4 Å². The van der Waals surface area contributed by atoms with Gasteiger partial charge in [-0.25, -0.2) is 4.98 Å². The highest BCUT2D eigenvalue weighted by Gasteiger charge is 2.19. The van der Waals surface area contributed by atoms with Crippen LogP contribution in [-0.4, -0.2) is 40.9 Å². The lowest BCUT2D eigenvalue weighted by atomic mass is 10.2. The summed E-state index contributed by atoms with van der Waals surface area (Å²) in [4.78, 5) is 31.3. The summed E-state index contributed by atoms with van der Waals surface area (Å²) in [6.45, 7) is 3.96. The highest BCUT2D eigenvalue weighted by Crippen LogP contribution is 2.27. The Labute approximate surface area is 136 Å². The Balaban J connectivity index is 2.22. The van der Waals surface area contributed by atoms with Gasteiger partial charge in [-0.05, 0) is 18.2 Å². The van der Waals surface area contributed by atoms with Crippen LogP contribution in [-0.2, 0) is 0 Å². The van der Waals surface area contributed by atoms with Gasteiger partial charge in [0, 0.05) is 19.8 Å². The zero-order valence-corrected chi connectivity index (χ0v) is 13.6. The number of rotatable bonds is 4. The van der Waals surface area contributed by atoms with Crippen LogP contribution in [0.3, 0.4) is 0 Å². The molecule has 0 spiro atoms. The number of hydrogen-bond acceptors (Lipinski definition) is 5. The maximum Gasteiger partial charge on any atom is 0.271 e. The molecule has 3 aromatic rings. The molecule has 118 valence electrons. The first-order chi connectivity index (χ1) is 11.1. The van der Waals surface area contributed by atoms with Gasteiger partial charge in [0.25, 0.3) is 11.5 Å². The van der Waals surface area contributed by atoms with Gasteiger partial charge in [-0.3, -0.25) is 14.0 Å². The van der Waals surface area contributed by atoms with Crippen molar-refractivity contribution in [1.29, 1.82) is 0 Å². The second-order valence-electron chi connectivity index (χ2n) is 5.01. The van der Waals surface area contributed by atoms with Crippen molar-refractivity contribution >= 4 is 32.4 Å². The first kappa shape index (κ1) is 15.2. The summed E-state index contributed by atoms with van der Waals surface area (Å²) >= 11 is 1.38. The Morgan fingerprint density at radius 1 is 1.52 bits per heavy atom. The average molecular weight is 329 g/mol. The van der Waals surface area contributed by atoms with Crippen molar-refractivity contribution in [3.8, 4) is 5.75 Å². The summed E-state index contributed by atoms with van der Waals surface area (Å²) in [6, 6.07) is 5.42. The Morgan fingerprint density at radius 2 is 2.30 bits per heavy atom. The van der Waals surface area contributed by atoms with Crippen LogP contribution >= 0.6 is 11.3 Å². The first-order valence-corrected chi connectivity index (χ1v) is 7.73. The van der Waals surface area contributed by atoms with E-state index in [0.717, 1.165) is 4.70 Å². The van der Waals surface area contributed by atoms with Crippen LogP contribution in [0.2, 0.25) is 0 Å². The molecule has 23 heavy (non-hydrogen) atoms. The number of benzene rings is 1. The SMILES string of the molecule is C=CCN(C)C(=O)c1cnc2sc3cc(OC)ccc3n2c1=O. The molecule has 0 aliphatic carbocycles. The van der Waals surface area contributed by atoms with Crippen molar-refractivity contribution < 1.29 is 9.53 Å². The Morgan fingerprint density at radius 3 is 3.00 bits per heavy atom. The second kappa shape index (κ2) is 5.85. The number of thiazole rings is 1. The first-order valence-electron chi connectivity index (χ1n) is 6.91. The van der Waals surface area contributed by atoms with Crippen molar-refractivity contribution in [2.45, 2.75) is 0 Å². The monoisotopic (exact) mass is 329 g/mol. The molecule has 0 N–H and O–H groups in total. The van der Waals surface area contributed by atoms with Gasteiger partial charge in [0.15, 0.2) is 4.96 Å². The highest BCUT2D eigenvalue weighted by atomic mass is 32.1. The molecule has 6 nitrogen and oxygen atoms in total. The van der Waals surface area contributed by atoms with E-state index in [2.05, 4.69) is 11.6 Å². The summed E-state index contributed by atoms with van der Waals surface area (Å²) in [5.74, 6) is 0.337. The van der Waals surface area contributed by atoms with Gasteiger partial charge < -0.3 is 9.64 Å². The fourth-order valence-electron chi connectivity index (χ4n) is 2.34. The Bertz CT molecular complexity index is 974. The molecule has 0 aliphatic rings. The largest absolute Gasteiger partial charge is 0.497 e. The van der Waals surface area contributed by atoms with E-state index in [-0.39, 0.29) is 17.0 Å². The third-order valence-electron chi connectivity index (χ3n) is 3.52. The smallest absolute Gasteiger partial charge is 0.271 e. The van der Waals surface area contributed by atoms with Crippen LogP contribution in [0.25, 0.3) is 15.2 Å². The number of aromatic nitrogens is 2. The summed E-state index contributed by atoms with van der Waals surface area (Å²) < 4.78 is 7.54. The van der Waals surface area contributed by atoms with Gasteiger partial charge in [-0.1, -0.05) is 17.4 Å². The van der Waals surface area contributed by atoms with E-state index in [9.17, 15) is 9.59 Å². The molecular weight excluding hydrogens is 314 g/mol. The minimum absolute atomic E-state index is 0.0439. The number of amides is 1. The number of nitrogens with zero attached hydrogens (tertiary/aromatic N) is 3. The van der Waals surface area contributed by atoms with Crippen molar-refractivity contribution in [2.75, 3.05) is 20.7 Å². The number of ether oxygens (including phenoxy) is 1. The highest BCUT2D eigenvalue weighted by molar-refractivity contribution is 7.23. The van der Waals surface area contributed by atoms with Crippen LogP contribution in [0.1, 0.15) is 10.4 Å². The summed E-state index contributed by atoms with van der Waals surface area (Å²) in [7, 11) is 3.21. The summed E-state index contributed by atoms with van der Waals surface area (Å²) in [5, 5.41) is 0. The number of fused-ring (bicyclic) bond motifs is 3. The molecule has 0 fully saturated rings. The Kier molecular flexibility index (Phi) is 3.87. The van der Waals surface area contributed by atoms with E-state index in [4.69, 9.17) is 4.74 Å². The van der Waals surface area contributed by atoms with Gasteiger partial charge in [0.2, 0.25) is 0 Å². The average Bonchev–Trinajstić information content (AvgIpc) is 2.93. The van der Waals surface area contributed by atoms with Crippen LogP contribution in [0.4, 0.5) is 0 Å². The molecule has 1 aromatic carbocycles. The van der Waals surface area contributed by atoms with Crippen LogP contribution in [0, 0.1) is 0 Å². The molecule has 0 saturated heterocycles. The lowest BCUT2D eigenvalue weighted by Crippen LogP contribution is -2.33. The molecule has 0 unspecified atom stereocenters. The molecule has 7 heteroatoms. The molecule has 3 rings (SSSR count). The fourth-order valence-corrected chi connectivity index (χ4v) is 3.35. The topological polar surface area (TPSA) is 63.9 Å². The number of carbonyl (C=O) groups excluding carboxylic acids is 1. The molecule has 0 bridgehead atoms. The van der Waals surface area contributed by atoms with Crippen molar-refractivity contribution in [3.05, 3.63) is 53.0 Å². The van der Waals surface area contributed by atoms with Crippen LogP contribution < -0.4 is 10.3 Å². The number of likely N-dealkylation sites (N-methyl/N-ethyl adjacent to an activating group) is 1. The van der Waals surface area contributed by atoms with Gasteiger partial charge >= 0.3 is 0 Å². The molecule has 0 atom stereocenters. The third kappa shape index (κ3) is 2.49. The van der Waals surface area contributed by atoms with Gasteiger partial charge in [-0.2, -0.15) is 0 Å². The standard InChI is InChI=1S/C16H15N3O3S/c1-4-7-18(2)14(20)11-9-17-16-19(15(11)21)12-6-5-10(22-3)8-13(12)23-16/h4-6,8-9H,1,7H2,2-3H3. The predicted molar refractivity (Wildman–Crippen MR) is 90.6 cm³/mol. The molecule has 2 heterocycles. The Hall–Kier alpha value is -2.67. The third-order valence-corrected chi connectivity index (χ3v) is 4.54. The predicted octanol–water partition coefficient (Wildman–Crippen LogP) is 2.18. The van der Waals surface area contributed by atoms with Crippen molar-refractivity contribution in [2.24, 2.45) is 0 Å². The van der Waals surface area contributed by atoms with E-state index in [1.165, 1.54) is 26.8 Å². The maximum atomic E-state index is 12.7. The molecule has 0 radical (unpaired) electrons. The molecule has 2 aromatic heterocycles. The van der Waals surface area contributed by atoms with Crippen molar-refractivity contribution in [3.63, 3.8) is 0 Å². The quantitative estimate of drug-likeness (QED) is 0.688. The second-order valence-corrected chi connectivity index (χ2v) is 6.01. The normalized spacial score (nSPS) is 10.9. The van der Waals surface area contributed by atoms with E-state index in [0.29, 0.717) is 22.8 Å². The fraction of sp³-hybridized carbons (Fsp3) is 0.188. The minimum Gasteiger partial charge on any atom is -0.497 e. The molecular formula is C16H15N3O3S. The number of hydrogen-bond donors (Lipinski definition) is 0. The van der Waals surface area contributed by atoms with Crippen molar-refractivity contribution in [1.82, 2.24) is 14.3 Å². The maximum absolute atomic E-state index is 12.7. The molecule has 0 saturated carbocycles. The van der Waals surface area contributed by atoms with E-state index >= 15 is 0 Å². The van der Waals surface area contributed by atoms with Crippen LogP contribution in [0.5, 0.6) is 5.75 Å². The zero-order valence-electron chi connectivity index (χ0n) is 12.8. The molecule has 0 aliphatic heterocycles. The number of carbonyl (C=O) groups is 1. The lowest BCUT2D eigenvalue weighted by Gasteiger charge is -2.13. The van der Waals surface area contributed by atoms with Gasteiger partial charge in [-0.15, -0.1) is 6.58 Å².